The number of hydrogen-bond acceptors (Lipinski definition) is 3. The molecule has 0 spiro atoms. The Kier molecular flexibility index (Phi) is 7.44. The lowest BCUT2D eigenvalue weighted by Gasteiger charge is -2.21. The van der Waals surface area contributed by atoms with Gasteiger partial charge in [0, 0.05) is 54.5 Å². The van der Waals surface area contributed by atoms with Gasteiger partial charge in [0.05, 0.1) is 0 Å². The van der Waals surface area contributed by atoms with Crippen molar-refractivity contribution in [2.75, 3.05) is 25.0 Å². The number of benzene rings is 2. The van der Waals surface area contributed by atoms with Crippen molar-refractivity contribution in [1.29, 1.82) is 0 Å². The molecule has 31 heavy (non-hydrogen) atoms. The van der Waals surface area contributed by atoms with Gasteiger partial charge in [-0.3, -0.25) is 9.79 Å². The van der Waals surface area contributed by atoms with Crippen molar-refractivity contribution < 1.29 is 4.79 Å². The first-order valence-electron chi connectivity index (χ1n) is 10.6. The highest BCUT2D eigenvalue weighted by Crippen LogP contribution is 2.23. The molecule has 2 aromatic carbocycles. The number of carbonyl (C=O) groups is 1. The summed E-state index contributed by atoms with van der Waals surface area (Å²) >= 11 is 6.13. The van der Waals surface area contributed by atoms with E-state index in [1.54, 1.807) is 7.05 Å². The second kappa shape index (κ2) is 10.1. The van der Waals surface area contributed by atoms with Gasteiger partial charge in [0.2, 0.25) is 0 Å². The Morgan fingerprint density at radius 2 is 1.97 bits per heavy atom. The molecule has 3 rings (SSSR count). The fraction of sp³-hybridized carbons (Fsp3) is 0.417. The zero-order chi connectivity index (χ0) is 22.4. The number of hydrogen-bond donors (Lipinski definition) is 3. The van der Waals surface area contributed by atoms with Gasteiger partial charge in [0.1, 0.15) is 0 Å². The van der Waals surface area contributed by atoms with Crippen LogP contribution in [0.4, 0.5) is 5.69 Å². The van der Waals surface area contributed by atoms with Gasteiger partial charge in [0.25, 0.3) is 5.91 Å². The van der Waals surface area contributed by atoms with Crippen LogP contribution in [0.5, 0.6) is 0 Å². The molecule has 1 unspecified atom stereocenters. The molecule has 1 heterocycles. The zero-order valence-corrected chi connectivity index (χ0v) is 19.5. The van der Waals surface area contributed by atoms with Gasteiger partial charge in [-0.05, 0) is 63.1 Å². The minimum absolute atomic E-state index is 0.0658. The molecule has 1 atom stereocenters. The number of halogens is 1. The van der Waals surface area contributed by atoms with E-state index in [9.17, 15) is 4.79 Å². The van der Waals surface area contributed by atoms with Crippen molar-refractivity contribution in [2.45, 2.75) is 45.3 Å². The SMILES string of the molecule is CN=C(NCc1cccc(C(=O)NC(C)(C)C)c1)NC1CCN(c2cccc(Cl)c2)C1. The first kappa shape index (κ1) is 22.9. The highest BCUT2D eigenvalue weighted by atomic mass is 35.5. The van der Waals surface area contributed by atoms with Crippen molar-refractivity contribution >= 4 is 29.2 Å². The standard InChI is InChI=1S/C24H32ClN5O/c1-24(2,3)29-22(31)18-8-5-7-17(13-18)15-27-23(26-4)28-20-11-12-30(16-20)21-10-6-9-19(25)14-21/h5-10,13-14,20H,11-12,15-16H2,1-4H3,(H,29,31)(H2,26,27,28). The van der Waals surface area contributed by atoms with Crippen molar-refractivity contribution in [3.05, 3.63) is 64.7 Å². The minimum atomic E-state index is -0.266. The normalized spacial score (nSPS) is 16.9. The molecule has 166 valence electrons. The minimum Gasteiger partial charge on any atom is -0.369 e. The third-order valence-electron chi connectivity index (χ3n) is 5.06. The third-order valence-corrected chi connectivity index (χ3v) is 5.30. The molecular weight excluding hydrogens is 410 g/mol. The van der Waals surface area contributed by atoms with Crippen LogP contribution in [0.3, 0.4) is 0 Å². The predicted octanol–water partition coefficient (Wildman–Crippen LogP) is 3.81. The van der Waals surface area contributed by atoms with Crippen LogP contribution >= 0.6 is 11.6 Å². The summed E-state index contributed by atoms with van der Waals surface area (Å²) in [5.41, 5.74) is 2.56. The molecular formula is C24H32ClN5O. The number of aliphatic imine (C=N–C) groups is 1. The Morgan fingerprint density at radius 3 is 2.68 bits per heavy atom. The summed E-state index contributed by atoms with van der Waals surface area (Å²) < 4.78 is 0. The smallest absolute Gasteiger partial charge is 0.251 e. The van der Waals surface area contributed by atoms with Gasteiger partial charge < -0.3 is 20.9 Å². The van der Waals surface area contributed by atoms with Crippen LogP contribution < -0.4 is 20.9 Å². The van der Waals surface area contributed by atoms with Crippen LogP contribution in [0.2, 0.25) is 5.02 Å². The second-order valence-corrected chi connectivity index (χ2v) is 9.32. The maximum Gasteiger partial charge on any atom is 0.251 e. The summed E-state index contributed by atoms with van der Waals surface area (Å²) in [4.78, 5) is 19.1. The van der Waals surface area contributed by atoms with Crippen LogP contribution in [0.1, 0.15) is 43.1 Å². The van der Waals surface area contributed by atoms with E-state index < -0.39 is 0 Å². The van der Waals surface area contributed by atoms with E-state index >= 15 is 0 Å². The van der Waals surface area contributed by atoms with Crippen molar-refractivity contribution in [1.82, 2.24) is 16.0 Å². The lowest BCUT2D eigenvalue weighted by Crippen LogP contribution is -2.44. The molecule has 7 heteroatoms. The molecule has 3 N–H and O–H groups in total. The molecule has 1 aliphatic rings. The quantitative estimate of drug-likeness (QED) is 0.487. The molecule has 6 nitrogen and oxygen atoms in total. The maximum atomic E-state index is 12.4. The topological polar surface area (TPSA) is 68.8 Å². The fourth-order valence-electron chi connectivity index (χ4n) is 3.59. The molecule has 1 aliphatic heterocycles. The first-order valence-corrected chi connectivity index (χ1v) is 11.0. The number of nitrogens with one attached hydrogen (secondary N) is 3. The zero-order valence-electron chi connectivity index (χ0n) is 18.7. The number of nitrogens with zero attached hydrogens (tertiary/aromatic N) is 2. The first-order chi connectivity index (χ1) is 14.7. The third kappa shape index (κ3) is 6.89. The number of carbonyl (C=O) groups excluding carboxylic acids is 1. The van der Waals surface area contributed by atoms with Crippen molar-refractivity contribution in [2.24, 2.45) is 4.99 Å². The van der Waals surface area contributed by atoms with Gasteiger partial charge in [-0.25, -0.2) is 0 Å². The van der Waals surface area contributed by atoms with E-state index in [2.05, 4.69) is 31.9 Å². The number of anilines is 1. The predicted molar refractivity (Wildman–Crippen MR) is 129 cm³/mol. The van der Waals surface area contributed by atoms with E-state index in [0.717, 1.165) is 41.7 Å². The van der Waals surface area contributed by atoms with Gasteiger partial charge in [-0.15, -0.1) is 0 Å². The van der Waals surface area contributed by atoms with Crippen LogP contribution in [-0.2, 0) is 6.54 Å². The van der Waals surface area contributed by atoms with Gasteiger partial charge in [-0.2, -0.15) is 0 Å². The van der Waals surface area contributed by atoms with Crippen LogP contribution in [0.15, 0.2) is 53.5 Å². The van der Waals surface area contributed by atoms with Crippen LogP contribution in [-0.4, -0.2) is 43.6 Å². The van der Waals surface area contributed by atoms with Gasteiger partial charge in [0.15, 0.2) is 5.96 Å². The average molecular weight is 442 g/mol. The Bertz CT molecular complexity index is 938. The summed E-state index contributed by atoms with van der Waals surface area (Å²) in [5, 5.41) is 10.6. The highest BCUT2D eigenvalue weighted by Gasteiger charge is 2.23. The molecule has 0 saturated carbocycles. The van der Waals surface area contributed by atoms with Crippen LogP contribution in [0.25, 0.3) is 0 Å². The van der Waals surface area contributed by atoms with Crippen LogP contribution in [0, 0.1) is 0 Å². The molecule has 0 aliphatic carbocycles. The summed E-state index contributed by atoms with van der Waals surface area (Å²) in [6.45, 7) is 8.37. The Balaban J connectivity index is 1.53. The number of amides is 1. The van der Waals surface area contributed by atoms with Crippen molar-refractivity contribution in [3.63, 3.8) is 0 Å². The molecule has 0 radical (unpaired) electrons. The maximum absolute atomic E-state index is 12.4. The summed E-state index contributed by atoms with van der Waals surface area (Å²) in [7, 11) is 1.77. The van der Waals surface area contributed by atoms with E-state index in [4.69, 9.17) is 11.6 Å². The van der Waals surface area contributed by atoms with E-state index in [-0.39, 0.29) is 11.4 Å². The van der Waals surface area contributed by atoms with E-state index in [1.807, 2.05) is 63.2 Å². The molecule has 1 saturated heterocycles. The summed E-state index contributed by atoms with van der Waals surface area (Å²) in [5.74, 6) is 0.686. The average Bonchev–Trinajstić information content (AvgIpc) is 3.18. The fourth-order valence-corrected chi connectivity index (χ4v) is 3.78. The molecule has 1 fully saturated rings. The van der Waals surface area contributed by atoms with Crippen molar-refractivity contribution in [3.8, 4) is 0 Å². The Labute approximate surface area is 190 Å². The van der Waals surface area contributed by atoms with Gasteiger partial charge >= 0.3 is 0 Å². The highest BCUT2D eigenvalue weighted by molar-refractivity contribution is 6.30. The van der Waals surface area contributed by atoms with E-state index in [1.165, 1.54) is 0 Å². The van der Waals surface area contributed by atoms with E-state index in [0.29, 0.717) is 18.2 Å². The number of guanidine groups is 1. The van der Waals surface area contributed by atoms with Gasteiger partial charge in [-0.1, -0.05) is 29.8 Å². The lowest BCUT2D eigenvalue weighted by atomic mass is 10.1. The Hall–Kier alpha value is -2.73. The number of rotatable bonds is 5. The molecule has 2 aromatic rings. The molecule has 0 aromatic heterocycles. The summed E-state index contributed by atoms with van der Waals surface area (Å²) in [6, 6.07) is 15.9. The largest absolute Gasteiger partial charge is 0.369 e. The second-order valence-electron chi connectivity index (χ2n) is 8.89. The molecule has 0 bridgehead atoms. The summed E-state index contributed by atoms with van der Waals surface area (Å²) in [6.07, 6.45) is 1.02. The monoisotopic (exact) mass is 441 g/mol. The Morgan fingerprint density at radius 1 is 1.19 bits per heavy atom. The lowest BCUT2D eigenvalue weighted by molar-refractivity contribution is 0.0919. The molecule has 1 amide bonds.